The number of carbonyl (C=O) groups excluding carboxylic acids is 2. The van der Waals surface area contributed by atoms with Crippen LogP contribution in [0.25, 0.3) is 5.65 Å². The fourth-order valence-electron chi connectivity index (χ4n) is 4.56. The van der Waals surface area contributed by atoms with Gasteiger partial charge < -0.3 is 29.3 Å². The van der Waals surface area contributed by atoms with Gasteiger partial charge in [-0.15, -0.1) is 5.10 Å². The third-order valence-corrected chi connectivity index (χ3v) is 6.46. The van der Waals surface area contributed by atoms with Gasteiger partial charge in [0, 0.05) is 32.1 Å². The molecule has 0 aliphatic carbocycles. The second-order valence-electron chi connectivity index (χ2n) is 11.6. The Morgan fingerprint density at radius 1 is 1.03 bits per heavy atom. The molecule has 2 saturated heterocycles. The van der Waals surface area contributed by atoms with Crippen LogP contribution < -0.4 is 10.1 Å². The largest absolute Gasteiger partial charge is 0.460 e. The lowest BCUT2D eigenvalue weighted by molar-refractivity contribution is 0.0235. The number of hydrogen-bond acceptors (Lipinski definition) is 9. The van der Waals surface area contributed by atoms with Gasteiger partial charge in [-0.25, -0.2) is 19.1 Å². The number of hydrogen-bond donors (Lipinski definition) is 1. The Morgan fingerprint density at radius 2 is 1.71 bits per heavy atom. The van der Waals surface area contributed by atoms with Crippen LogP contribution in [-0.4, -0.2) is 91.6 Å². The van der Waals surface area contributed by atoms with Gasteiger partial charge in [-0.2, -0.15) is 4.98 Å². The summed E-state index contributed by atoms with van der Waals surface area (Å²) >= 11 is 0. The molecular weight excluding hydrogens is 490 g/mol. The number of likely N-dealkylation sites (tertiary alicyclic amines) is 2. The quantitative estimate of drug-likeness (QED) is 0.588. The molecule has 2 aromatic heterocycles. The summed E-state index contributed by atoms with van der Waals surface area (Å²) in [5, 5.41) is 8.05. The van der Waals surface area contributed by atoms with Crippen molar-refractivity contribution in [2.75, 3.05) is 31.5 Å². The smallest absolute Gasteiger partial charge is 0.410 e. The van der Waals surface area contributed by atoms with Crippen molar-refractivity contribution in [1.29, 1.82) is 0 Å². The van der Waals surface area contributed by atoms with Gasteiger partial charge in [0.2, 0.25) is 0 Å². The van der Waals surface area contributed by atoms with Crippen molar-refractivity contribution in [3.8, 4) is 6.01 Å². The van der Waals surface area contributed by atoms with E-state index < -0.39 is 5.60 Å². The average molecular weight is 532 g/mol. The number of nitrogens with zero attached hydrogens (tertiary/aromatic N) is 6. The van der Waals surface area contributed by atoms with Crippen LogP contribution in [0, 0.1) is 0 Å². The number of rotatable bonds is 6. The van der Waals surface area contributed by atoms with Gasteiger partial charge in [-0.05, 0) is 53.4 Å². The third-order valence-electron chi connectivity index (χ3n) is 6.46. The Balaban J connectivity index is 1.32. The van der Waals surface area contributed by atoms with E-state index >= 15 is 0 Å². The minimum atomic E-state index is -0.556. The van der Waals surface area contributed by atoms with E-state index in [0.29, 0.717) is 50.1 Å². The zero-order chi connectivity index (χ0) is 27.6. The van der Waals surface area contributed by atoms with Crippen molar-refractivity contribution >= 4 is 23.7 Å². The van der Waals surface area contributed by atoms with Crippen molar-refractivity contribution in [1.82, 2.24) is 29.4 Å². The zero-order valence-corrected chi connectivity index (χ0v) is 23.6. The maximum atomic E-state index is 12.8. The summed E-state index contributed by atoms with van der Waals surface area (Å²) in [4.78, 5) is 37.6. The summed E-state index contributed by atoms with van der Waals surface area (Å²) < 4.78 is 18.7. The molecule has 38 heavy (non-hydrogen) atoms. The van der Waals surface area contributed by atoms with E-state index in [0.717, 1.165) is 18.5 Å². The summed E-state index contributed by atoms with van der Waals surface area (Å²) in [5.41, 5.74) is 1.08. The van der Waals surface area contributed by atoms with E-state index in [1.807, 2.05) is 40.8 Å². The maximum absolute atomic E-state index is 12.8. The van der Waals surface area contributed by atoms with E-state index in [1.54, 1.807) is 14.3 Å². The first-order valence-electron chi connectivity index (χ1n) is 13.5. The molecule has 2 amide bonds. The van der Waals surface area contributed by atoms with Crippen molar-refractivity contribution in [3.05, 3.63) is 11.9 Å². The SMILES string of the molecule is CC(C)Oc1nc(NC2CCN(C(=O)O[C@H]3CCN(C(=O)OC(C)(C)C)C3)CC2)c2ncc(C(C)C)n2n1. The molecule has 0 bridgehead atoms. The number of amides is 2. The average Bonchev–Trinajstić information content (AvgIpc) is 3.45. The highest BCUT2D eigenvalue weighted by molar-refractivity contribution is 5.70. The van der Waals surface area contributed by atoms with Gasteiger partial charge in [0.15, 0.2) is 11.5 Å². The normalized spacial score (nSPS) is 18.9. The number of imidazole rings is 1. The van der Waals surface area contributed by atoms with E-state index in [9.17, 15) is 9.59 Å². The Kier molecular flexibility index (Phi) is 8.17. The summed E-state index contributed by atoms with van der Waals surface area (Å²) in [6.07, 6.45) is 2.80. The second kappa shape index (κ2) is 11.2. The summed E-state index contributed by atoms with van der Waals surface area (Å²) in [5.74, 6) is 0.863. The molecule has 0 radical (unpaired) electrons. The highest BCUT2D eigenvalue weighted by Gasteiger charge is 2.33. The molecule has 0 saturated carbocycles. The van der Waals surface area contributed by atoms with Crippen molar-refractivity contribution in [2.45, 2.75) is 97.5 Å². The van der Waals surface area contributed by atoms with Gasteiger partial charge in [-0.1, -0.05) is 13.8 Å². The predicted octanol–water partition coefficient (Wildman–Crippen LogP) is 4.06. The van der Waals surface area contributed by atoms with Crippen LogP contribution in [0.15, 0.2) is 6.20 Å². The molecule has 2 aliphatic heterocycles. The molecule has 2 fully saturated rings. The van der Waals surface area contributed by atoms with Crippen molar-refractivity contribution in [3.63, 3.8) is 0 Å². The predicted molar refractivity (Wildman–Crippen MR) is 142 cm³/mol. The van der Waals surface area contributed by atoms with Crippen molar-refractivity contribution < 1.29 is 23.8 Å². The molecule has 0 spiro atoms. The van der Waals surface area contributed by atoms with Crippen LogP contribution in [-0.2, 0) is 9.47 Å². The molecule has 4 rings (SSSR count). The number of piperidine rings is 1. The maximum Gasteiger partial charge on any atom is 0.410 e. The number of ether oxygens (including phenoxy) is 3. The highest BCUT2D eigenvalue weighted by Crippen LogP contribution is 2.25. The molecular formula is C26H41N7O5. The number of aromatic nitrogens is 4. The fourth-order valence-corrected chi connectivity index (χ4v) is 4.56. The van der Waals surface area contributed by atoms with Gasteiger partial charge in [-0.3, -0.25) is 0 Å². The first-order valence-corrected chi connectivity index (χ1v) is 13.5. The van der Waals surface area contributed by atoms with Gasteiger partial charge in [0.05, 0.1) is 24.5 Å². The monoisotopic (exact) mass is 531 g/mol. The lowest BCUT2D eigenvalue weighted by atomic mass is 10.1. The van der Waals surface area contributed by atoms with Crippen LogP contribution in [0.1, 0.15) is 79.3 Å². The summed E-state index contributed by atoms with van der Waals surface area (Å²) in [6, 6.07) is 0.408. The molecule has 12 heteroatoms. The standard InChI is InChI=1S/C26H41N7O5/c1-16(2)20-14-27-22-21(29-23(30-33(20)22)36-17(3)4)28-18-8-11-31(12-9-18)24(34)37-19-10-13-32(15-19)25(35)38-26(5,6)7/h14,16-19H,8-13,15H2,1-7H3,(H,28,29,30)/t19-/m0/s1. The number of carbonyl (C=O) groups is 2. The molecule has 0 unspecified atom stereocenters. The van der Waals surface area contributed by atoms with Crippen LogP contribution >= 0.6 is 0 Å². The summed E-state index contributed by atoms with van der Waals surface area (Å²) in [6.45, 7) is 15.5. The van der Waals surface area contributed by atoms with Crippen LogP contribution in [0.3, 0.4) is 0 Å². The van der Waals surface area contributed by atoms with Gasteiger partial charge >= 0.3 is 18.2 Å². The molecule has 210 valence electrons. The molecule has 12 nitrogen and oxygen atoms in total. The molecule has 0 aromatic carbocycles. The molecule has 1 N–H and O–H groups in total. The van der Waals surface area contributed by atoms with Gasteiger partial charge in [0.1, 0.15) is 11.7 Å². The Labute approximate surface area is 224 Å². The minimum Gasteiger partial charge on any atom is -0.460 e. The molecule has 1 atom stereocenters. The second-order valence-corrected chi connectivity index (χ2v) is 11.6. The van der Waals surface area contributed by atoms with Crippen LogP contribution in [0.5, 0.6) is 6.01 Å². The number of nitrogens with one attached hydrogen (secondary N) is 1. The number of fused-ring (bicyclic) bond motifs is 1. The van der Waals surface area contributed by atoms with Gasteiger partial charge in [0.25, 0.3) is 0 Å². The zero-order valence-electron chi connectivity index (χ0n) is 23.6. The molecule has 2 aromatic rings. The lowest BCUT2D eigenvalue weighted by Crippen LogP contribution is -2.44. The first kappa shape index (κ1) is 27.7. The lowest BCUT2D eigenvalue weighted by Gasteiger charge is -2.32. The molecule has 2 aliphatic rings. The fraction of sp³-hybridized carbons (Fsp3) is 0.731. The Bertz CT molecular complexity index is 1130. The first-order chi connectivity index (χ1) is 17.9. The van der Waals surface area contributed by atoms with E-state index in [1.165, 1.54) is 0 Å². The minimum absolute atomic E-state index is 0.0587. The summed E-state index contributed by atoms with van der Waals surface area (Å²) in [7, 11) is 0. The van der Waals surface area contributed by atoms with Crippen LogP contribution in [0.2, 0.25) is 0 Å². The number of anilines is 1. The van der Waals surface area contributed by atoms with E-state index in [2.05, 4.69) is 34.2 Å². The molecule has 4 heterocycles. The topological polar surface area (TPSA) is 123 Å². The third kappa shape index (κ3) is 6.76. The van der Waals surface area contributed by atoms with Crippen molar-refractivity contribution in [2.24, 2.45) is 0 Å². The van der Waals surface area contributed by atoms with E-state index in [-0.39, 0.29) is 36.4 Å². The highest BCUT2D eigenvalue weighted by atomic mass is 16.6. The Hall–Kier alpha value is -3.31. The van der Waals surface area contributed by atoms with E-state index in [4.69, 9.17) is 14.2 Å². The Morgan fingerprint density at radius 3 is 2.34 bits per heavy atom. The van der Waals surface area contributed by atoms with Crippen LogP contribution in [0.4, 0.5) is 15.4 Å².